The number of halogens is 1. The standard InChI is InChI=1S/C36H50ClN3O10S/c1-20-11-10-12-26(47-9)36(45)19-34(4,50-33(44)38-36)21(2)31-35(5,49-31)27(48-32(43)22(3)39(6)28(41)13-14-51)18-29(42)40(7)24-16-23(15-20)17-25(46-8)30(24)37/h10-12,16-17,21-22,26-27,31,45,51H,13-15,18-19H2,1-9H3,(H,38,44)/b12-10+,20-11+/t21-,22-,26+,27-,31-,34-,35?,36-/m0/s1. The summed E-state index contributed by atoms with van der Waals surface area (Å²) >= 11 is 10.9. The fourth-order valence-electron chi connectivity index (χ4n) is 6.82. The van der Waals surface area contributed by atoms with Gasteiger partial charge in [0.15, 0.2) is 5.72 Å². The number of carbonyl (C=O) groups is 4. The molecule has 1 aromatic rings. The molecule has 8 atom stereocenters. The lowest BCUT2D eigenvalue weighted by molar-refractivity contribution is -0.173. The van der Waals surface area contributed by atoms with Crippen molar-refractivity contribution < 1.29 is 48.0 Å². The molecule has 4 rings (SSSR count). The van der Waals surface area contributed by atoms with Crippen LogP contribution in [0.25, 0.3) is 0 Å². The van der Waals surface area contributed by atoms with Crippen molar-refractivity contribution in [1.82, 2.24) is 10.2 Å². The first-order chi connectivity index (χ1) is 23.8. The topological polar surface area (TPSA) is 156 Å². The highest BCUT2D eigenvalue weighted by molar-refractivity contribution is 7.80. The molecular formula is C36H50ClN3O10S. The van der Waals surface area contributed by atoms with Crippen LogP contribution in [0.1, 0.15) is 59.4 Å². The summed E-state index contributed by atoms with van der Waals surface area (Å²) in [5.74, 6) is -1.37. The number of benzene rings is 1. The van der Waals surface area contributed by atoms with Gasteiger partial charge in [0.05, 0.1) is 25.3 Å². The van der Waals surface area contributed by atoms with Gasteiger partial charge in [-0.3, -0.25) is 14.9 Å². The highest BCUT2D eigenvalue weighted by Crippen LogP contribution is 2.52. The second kappa shape index (κ2) is 15.7. The van der Waals surface area contributed by atoms with Crippen LogP contribution in [0.4, 0.5) is 10.5 Å². The fraction of sp³-hybridized carbons (Fsp3) is 0.611. The van der Waals surface area contributed by atoms with E-state index in [9.17, 15) is 24.3 Å². The number of aliphatic hydroxyl groups is 1. The number of likely N-dealkylation sites (N-methyl/N-ethyl adjacent to an activating group) is 1. The van der Waals surface area contributed by atoms with E-state index in [-0.39, 0.29) is 30.2 Å². The molecule has 0 aromatic heterocycles. The Morgan fingerprint density at radius 3 is 2.57 bits per heavy atom. The number of ether oxygens (including phenoxy) is 5. The number of hydrogen-bond acceptors (Lipinski definition) is 11. The van der Waals surface area contributed by atoms with Crippen molar-refractivity contribution in [2.45, 2.75) is 102 Å². The zero-order valence-corrected chi connectivity index (χ0v) is 32.3. The molecule has 1 unspecified atom stereocenters. The minimum Gasteiger partial charge on any atom is -0.495 e. The Labute approximate surface area is 310 Å². The van der Waals surface area contributed by atoms with E-state index in [1.54, 1.807) is 52.1 Å². The summed E-state index contributed by atoms with van der Waals surface area (Å²) in [6.07, 6.45) is 1.80. The van der Waals surface area contributed by atoms with Gasteiger partial charge >= 0.3 is 12.1 Å². The average molecular weight is 752 g/mol. The number of amides is 3. The molecule has 0 aliphatic carbocycles. The maximum Gasteiger partial charge on any atom is 0.410 e. The minimum atomic E-state index is -1.86. The van der Waals surface area contributed by atoms with E-state index in [4.69, 9.17) is 35.3 Å². The molecule has 0 radical (unpaired) electrons. The number of thiol groups is 1. The van der Waals surface area contributed by atoms with Crippen molar-refractivity contribution in [3.05, 3.63) is 46.5 Å². The van der Waals surface area contributed by atoms with E-state index in [2.05, 4.69) is 17.9 Å². The molecule has 2 saturated heterocycles. The Morgan fingerprint density at radius 2 is 1.94 bits per heavy atom. The van der Waals surface area contributed by atoms with Gasteiger partial charge in [0.25, 0.3) is 0 Å². The molecule has 1 aromatic carbocycles. The lowest BCUT2D eigenvalue weighted by Gasteiger charge is -2.47. The molecule has 51 heavy (non-hydrogen) atoms. The third kappa shape index (κ3) is 8.51. The first-order valence-electron chi connectivity index (χ1n) is 16.8. The maximum atomic E-state index is 14.1. The van der Waals surface area contributed by atoms with Gasteiger partial charge in [-0.25, -0.2) is 9.59 Å². The number of hydrogen-bond donors (Lipinski definition) is 3. The number of methoxy groups -OCH3 is 2. The summed E-state index contributed by atoms with van der Waals surface area (Å²) in [7, 11) is 5.99. The molecule has 3 amide bonds. The summed E-state index contributed by atoms with van der Waals surface area (Å²) < 4.78 is 29.4. The number of alkyl carbamates (subject to hydrolysis) is 1. The number of allylic oxidation sites excluding steroid dienone is 3. The van der Waals surface area contributed by atoms with Crippen molar-refractivity contribution in [3.8, 4) is 5.75 Å². The Bertz CT molecular complexity index is 1590. The average Bonchev–Trinajstić information content (AvgIpc) is 3.76. The number of nitrogens with one attached hydrogen (secondary N) is 1. The van der Waals surface area contributed by atoms with Crippen LogP contribution < -0.4 is 15.0 Å². The molecule has 0 spiro atoms. The summed E-state index contributed by atoms with van der Waals surface area (Å²) in [5, 5.41) is 14.6. The predicted octanol–water partition coefficient (Wildman–Crippen LogP) is 4.22. The van der Waals surface area contributed by atoms with Crippen molar-refractivity contribution in [3.63, 3.8) is 0 Å². The Hall–Kier alpha value is -3.30. The van der Waals surface area contributed by atoms with E-state index in [1.807, 2.05) is 13.0 Å². The Morgan fingerprint density at radius 1 is 1.25 bits per heavy atom. The molecule has 13 nitrogen and oxygen atoms in total. The first-order valence-corrected chi connectivity index (χ1v) is 17.8. The minimum absolute atomic E-state index is 0.0836. The summed E-state index contributed by atoms with van der Waals surface area (Å²) in [4.78, 5) is 56.0. The molecular weight excluding hydrogens is 702 g/mol. The summed E-state index contributed by atoms with van der Waals surface area (Å²) in [6, 6.07) is 2.60. The number of epoxide rings is 1. The predicted molar refractivity (Wildman–Crippen MR) is 194 cm³/mol. The van der Waals surface area contributed by atoms with E-state index in [0.717, 1.165) is 11.1 Å². The lowest BCUT2D eigenvalue weighted by Crippen LogP contribution is -2.67. The third-order valence-electron chi connectivity index (χ3n) is 10.4. The zero-order valence-electron chi connectivity index (χ0n) is 30.7. The third-order valence-corrected chi connectivity index (χ3v) is 11.0. The molecule has 2 N–H and O–H groups in total. The van der Waals surface area contributed by atoms with Gasteiger partial charge in [-0.15, -0.1) is 0 Å². The van der Waals surface area contributed by atoms with Gasteiger partial charge in [-0.05, 0) is 57.6 Å². The van der Waals surface area contributed by atoms with Crippen LogP contribution in [0.2, 0.25) is 5.02 Å². The van der Waals surface area contributed by atoms with Crippen LogP contribution in [0.3, 0.4) is 0 Å². The normalized spacial score (nSPS) is 33.4. The summed E-state index contributed by atoms with van der Waals surface area (Å²) in [5.41, 5.74) is -2.26. The Kier molecular flexibility index (Phi) is 12.5. The monoisotopic (exact) mass is 751 g/mol. The number of carbonyl (C=O) groups excluding carboxylic acids is 4. The highest BCUT2D eigenvalue weighted by Gasteiger charge is 2.67. The van der Waals surface area contributed by atoms with Crippen LogP contribution >= 0.6 is 24.2 Å². The van der Waals surface area contributed by atoms with E-state index in [1.165, 1.54) is 38.0 Å². The van der Waals surface area contributed by atoms with Gasteiger partial charge in [-0.1, -0.05) is 42.3 Å². The molecule has 15 heteroatoms. The van der Waals surface area contributed by atoms with Crippen LogP contribution in [0.15, 0.2) is 35.9 Å². The molecule has 0 saturated carbocycles. The highest BCUT2D eigenvalue weighted by atomic mass is 35.5. The molecule has 282 valence electrons. The number of fused-ring (bicyclic) bond motifs is 5. The van der Waals surface area contributed by atoms with Gasteiger partial charge in [-0.2, -0.15) is 12.6 Å². The van der Waals surface area contributed by atoms with Crippen molar-refractivity contribution in [2.75, 3.05) is 39.0 Å². The van der Waals surface area contributed by atoms with Crippen LogP contribution in [-0.4, -0.2) is 109 Å². The van der Waals surface area contributed by atoms with Crippen molar-refractivity contribution in [2.24, 2.45) is 5.92 Å². The number of esters is 1. The number of rotatable bonds is 7. The number of anilines is 1. The molecule has 2 fully saturated rings. The Balaban J connectivity index is 1.81. The molecule has 3 aliphatic heterocycles. The van der Waals surface area contributed by atoms with Crippen molar-refractivity contribution in [1.29, 1.82) is 0 Å². The maximum absolute atomic E-state index is 14.1. The second-order valence-electron chi connectivity index (χ2n) is 14.0. The first kappa shape index (κ1) is 40.5. The molecule has 3 heterocycles. The van der Waals surface area contributed by atoms with Gasteiger partial charge < -0.3 is 38.6 Å². The van der Waals surface area contributed by atoms with Crippen LogP contribution in [0.5, 0.6) is 5.75 Å². The largest absolute Gasteiger partial charge is 0.495 e. The summed E-state index contributed by atoms with van der Waals surface area (Å²) in [6.45, 7) is 8.67. The smallest absolute Gasteiger partial charge is 0.410 e. The van der Waals surface area contributed by atoms with E-state index >= 15 is 0 Å². The van der Waals surface area contributed by atoms with Crippen LogP contribution in [-0.2, 0) is 39.8 Å². The molecule has 4 bridgehead atoms. The zero-order chi connectivity index (χ0) is 38.1. The van der Waals surface area contributed by atoms with Gasteiger partial charge in [0, 0.05) is 40.0 Å². The van der Waals surface area contributed by atoms with Gasteiger partial charge in [0.2, 0.25) is 11.8 Å². The van der Waals surface area contributed by atoms with E-state index < -0.39 is 65.2 Å². The van der Waals surface area contributed by atoms with Crippen molar-refractivity contribution >= 4 is 53.8 Å². The molecule has 3 aliphatic rings. The quantitative estimate of drug-likeness (QED) is 0.210. The fourth-order valence-corrected chi connectivity index (χ4v) is 7.32. The van der Waals surface area contributed by atoms with Gasteiger partial charge in [0.1, 0.15) is 40.2 Å². The second-order valence-corrected chi connectivity index (χ2v) is 14.9. The SMILES string of the molecule is COc1cc2cc(c1Cl)N(C)C(=O)C[C@H](OC(=O)[C@H](C)N(C)C(=O)CCS)C1(C)O[C@H]1[C@H](C)[C@]1(C)C[C@@](O)(NC(=O)O1)[C@H](OC)/C=C/C=C(\C)C2. The van der Waals surface area contributed by atoms with Crippen LogP contribution in [0, 0.1) is 5.92 Å². The lowest BCUT2D eigenvalue weighted by atomic mass is 9.75. The number of nitrogens with zero attached hydrogens (tertiary/aromatic N) is 2. The van der Waals surface area contributed by atoms with E-state index in [0.29, 0.717) is 23.6 Å².